The highest BCUT2D eigenvalue weighted by atomic mass is 15.0. The molecule has 102 valence electrons. The molecule has 2 rings (SSSR count). The molecule has 1 atom stereocenters. The molecule has 0 amide bonds. The van der Waals surface area contributed by atoms with Crippen molar-refractivity contribution in [2.24, 2.45) is 0 Å². The summed E-state index contributed by atoms with van der Waals surface area (Å²) in [5.74, 6) is 0. The van der Waals surface area contributed by atoms with Crippen molar-refractivity contribution < 1.29 is 0 Å². The van der Waals surface area contributed by atoms with Crippen LogP contribution in [0.15, 0.2) is 30.9 Å². The summed E-state index contributed by atoms with van der Waals surface area (Å²) in [6, 6.07) is 4.90. The van der Waals surface area contributed by atoms with Crippen molar-refractivity contribution in [3.05, 3.63) is 53.1 Å². The summed E-state index contributed by atoms with van der Waals surface area (Å²) >= 11 is 0. The van der Waals surface area contributed by atoms with Gasteiger partial charge in [-0.3, -0.25) is 0 Å². The van der Waals surface area contributed by atoms with E-state index >= 15 is 0 Å². The van der Waals surface area contributed by atoms with Crippen LogP contribution in [0.4, 0.5) is 0 Å². The lowest BCUT2D eigenvalue weighted by molar-refractivity contribution is 0.528. The van der Waals surface area contributed by atoms with Crippen LogP contribution in [0.1, 0.15) is 35.2 Å². The average molecular weight is 257 g/mol. The summed E-state index contributed by atoms with van der Waals surface area (Å²) in [6.07, 6.45) is 5.67. The van der Waals surface area contributed by atoms with Crippen molar-refractivity contribution in [1.82, 2.24) is 14.9 Å². The van der Waals surface area contributed by atoms with E-state index in [1.807, 2.05) is 18.7 Å². The van der Waals surface area contributed by atoms with Crippen molar-refractivity contribution >= 4 is 0 Å². The number of hydrogen-bond acceptors (Lipinski definition) is 2. The molecule has 1 N–H and O–H groups in total. The van der Waals surface area contributed by atoms with Crippen molar-refractivity contribution in [2.75, 3.05) is 6.54 Å². The van der Waals surface area contributed by atoms with Crippen LogP contribution >= 0.6 is 0 Å². The minimum atomic E-state index is 0.379. The number of rotatable bonds is 5. The lowest BCUT2D eigenvalue weighted by atomic mass is 9.95. The first-order chi connectivity index (χ1) is 9.08. The van der Waals surface area contributed by atoms with Crippen molar-refractivity contribution in [2.45, 2.75) is 40.3 Å². The van der Waals surface area contributed by atoms with E-state index in [2.05, 4.69) is 54.7 Å². The second-order valence-corrected chi connectivity index (χ2v) is 5.29. The van der Waals surface area contributed by atoms with Crippen LogP contribution < -0.4 is 5.32 Å². The van der Waals surface area contributed by atoms with Crippen molar-refractivity contribution in [3.63, 3.8) is 0 Å². The molecule has 0 radical (unpaired) electrons. The molecule has 1 unspecified atom stereocenters. The summed E-state index contributed by atoms with van der Waals surface area (Å²) in [4.78, 5) is 4.05. The van der Waals surface area contributed by atoms with Gasteiger partial charge in [0.2, 0.25) is 0 Å². The predicted molar refractivity (Wildman–Crippen MR) is 79.3 cm³/mol. The maximum Gasteiger partial charge on any atom is 0.0946 e. The second kappa shape index (κ2) is 6.02. The highest BCUT2D eigenvalue weighted by Crippen LogP contribution is 2.23. The zero-order valence-corrected chi connectivity index (χ0v) is 12.3. The van der Waals surface area contributed by atoms with Gasteiger partial charge in [-0.1, -0.05) is 17.7 Å². The molecule has 0 fully saturated rings. The van der Waals surface area contributed by atoms with Gasteiger partial charge < -0.3 is 9.88 Å². The van der Waals surface area contributed by atoms with E-state index in [1.165, 1.54) is 22.3 Å². The lowest BCUT2D eigenvalue weighted by Gasteiger charge is -2.20. The van der Waals surface area contributed by atoms with Crippen molar-refractivity contribution in [3.8, 4) is 0 Å². The number of aromatic nitrogens is 2. The van der Waals surface area contributed by atoms with E-state index in [0.29, 0.717) is 6.04 Å². The number of hydrogen-bond donors (Lipinski definition) is 1. The van der Waals surface area contributed by atoms with Gasteiger partial charge in [0.05, 0.1) is 6.33 Å². The number of benzene rings is 1. The quantitative estimate of drug-likeness (QED) is 0.891. The van der Waals surface area contributed by atoms with E-state index in [1.54, 1.807) is 0 Å². The van der Waals surface area contributed by atoms with E-state index in [0.717, 1.165) is 13.1 Å². The molecule has 2 aromatic rings. The van der Waals surface area contributed by atoms with E-state index in [-0.39, 0.29) is 0 Å². The number of nitrogens with zero attached hydrogens (tertiary/aromatic N) is 2. The summed E-state index contributed by atoms with van der Waals surface area (Å²) in [5, 5.41) is 3.59. The van der Waals surface area contributed by atoms with Crippen LogP contribution in [-0.4, -0.2) is 16.1 Å². The van der Waals surface area contributed by atoms with Crippen LogP contribution in [-0.2, 0) is 6.54 Å². The highest BCUT2D eigenvalue weighted by Gasteiger charge is 2.11. The third kappa shape index (κ3) is 3.44. The van der Waals surface area contributed by atoms with Crippen LogP contribution in [0, 0.1) is 20.8 Å². The molecule has 0 spiro atoms. The van der Waals surface area contributed by atoms with Gasteiger partial charge >= 0.3 is 0 Å². The molecule has 0 saturated heterocycles. The Morgan fingerprint density at radius 2 is 1.89 bits per heavy atom. The summed E-state index contributed by atoms with van der Waals surface area (Å²) in [5.41, 5.74) is 5.51. The van der Waals surface area contributed by atoms with Crippen LogP contribution in [0.5, 0.6) is 0 Å². The van der Waals surface area contributed by atoms with Gasteiger partial charge in [0.25, 0.3) is 0 Å². The van der Waals surface area contributed by atoms with Gasteiger partial charge in [0.1, 0.15) is 0 Å². The maximum atomic E-state index is 4.05. The molecule has 3 heteroatoms. The highest BCUT2D eigenvalue weighted by molar-refractivity contribution is 5.39. The molecular weight excluding hydrogens is 234 g/mol. The topological polar surface area (TPSA) is 29.9 Å². The molecule has 1 aromatic heterocycles. The Labute approximate surface area is 115 Å². The third-order valence-corrected chi connectivity index (χ3v) is 3.55. The molecule has 0 bridgehead atoms. The van der Waals surface area contributed by atoms with Gasteiger partial charge in [-0.2, -0.15) is 0 Å². The Balaban J connectivity index is 1.98. The third-order valence-electron chi connectivity index (χ3n) is 3.55. The van der Waals surface area contributed by atoms with Gasteiger partial charge in [-0.15, -0.1) is 0 Å². The largest absolute Gasteiger partial charge is 0.336 e. The first-order valence-electron chi connectivity index (χ1n) is 6.85. The Bertz CT molecular complexity index is 506. The molecular formula is C16H23N3. The Hall–Kier alpha value is -1.61. The first-order valence-corrected chi connectivity index (χ1v) is 6.85. The van der Waals surface area contributed by atoms with Gasteiger partial charge in [-0.05, 0) is 44.4 Å². The van der Waals surface area contributed by atoms with Gasteiger partial charge in [0.15, 0.2) is 0 Å². The Morgan fingerprint density at radius 3 is 2.47 bits per heavy atom. The Kier molecular flexibility index (Phi) is 4.38. The SMILES string of the molecule is Cc1cc(C)c(C(C)NCCn2ccnc2)c(C)c1. The monoisotopic (exact) mass is 257 g/mol. The van der Waals surface area contributed by atoms with E-state index in [9.17, 15) is 0 Å². The van der Waals surface area contributed by atoms with E-state index in [4.69, 9.17) is 0 Å². The summed E-state index contributed by atoms with van der Waals surface area (Å²) in [7, 11) is 0. The predicted octanol–water partition coefficient (Wildman–Crippen LogP) is 3.16. The maximum absolute atomic E-state index is 4.05. The smallest absolute Gasteiger partial charge is 0.0946 e. The number of imidazole rings is 1. The second-order valence-electron chi connectivity index (χ2n) is 5.29. The standard InChI is InChI=1S/C16H23N3/c1-12-9-13(2)16(14(3)10-12)15(4)18-6-8-19-7-5-17-11-19/h5,7,9-11,15,18H,6,8H2,1-4H3. The molecule has 0 saturated carbocycles. The van der Waals surface area contributed by atoms with Crippen LogP contribution in [0.3, 0.4) is 0 Å². The molecule has 0 aliphatic rings. The zero-order chi connectivity index (χ0) is 13.8. The molecule has 0 aliphatic heterocycles. The minimum Gasteiger partial charge on any atom is -0.336 e. The fourth-order valence-corrected chi connectivity index (χ4v) is 2.81. The molecule has 1 aromatic carbocycles. The van der Waals surface area contributed by atoms with Crippen molar-refractivity contribution in [1.29, 1.82) is 0 Å². The Morgan fingerprint density at radius 1 is 1.21 bits per heavy atom. The summed E-state index contributed by atoms with van der Waals surface area (Å²) < 4.78 is 2.09. The lowest BCUT2D eigenvalue weighted by Crippen LogP contribution is -2.24. The molecule has 1 heterocycles. The van der Waals surface area contributed by atoms with E-state index < -0.39 is 0 Å². The van der Waals surface area contributed by atoms with Gasteiger partial charge in [0, 0.05) is 31.5 Å². The molecule has 0 aliphatic carbocycles. The molecule has 3 nitrogen and oxygen atoms in total. The fourth-order valence-electron chi connectivity index (χ4n) is 2.81. The van der Waals surface area contributed by atoms with Crippen LogP contribution in [0.2, 0.25) is 0 Å². The number of aryl methyl sites for hydroxylation is 3. The first kappa shape index (κ1) is 13.8. The fraction of sp³-hybridized carbons (Fsp3) is 0.438. The zero-order valence-electron chi connectivity index (χ0n) is 12.3. The average Bonchev–Trinajstić information content (AvgIpc) is 2.80. The van der Waals surface area contributed by atoms with Gasteiger partial charge in [-0.25, -0.2) is 4.98 Å². The minimum absolute atomic E-state index is 0.379. The normalized spacial score (nSPS) is 12.6. The summed E-state index contributed by atoms with van der Waals surface area (Å²) in [6.45, 7) is 10.7. The number of nitrogens with one attached hydrogen (secondary N) is 1. The van der Waals surface area contributed by atoms with Crippen LogP contribution in [0.25, 0.3) is 0 Å². The molecule has 19 heavy (non-hydrogen) atoms.